The van der Waals surface area contributed by atoms with Gasteiger partial charge in [0, 0.05) is 16.5 Å². The first-order valence-corrected chi connectivity index (χ1v) is 6.74. The molecule has 0 bridgehead atoms. The molecule has 0 aliphatic rings. The van der Waals surface area contributed by atoms with Crippen LogP contribution in [0.15, 0.2) is 22.7 Å². The van der Waals surface area contributed by atoms with E-state index in [0.29, 0.717) is 4.47 Å². The van der Waals surface area contributed by atoms with Gasteiger partial charge in [-0.15, -0.1) is 0 Å². The van der Waals surface area contributed by atoms with Crippen LogP contribution in [-0.4, -0.2) is 12.6 Å². The third-order valence-electron chi connectivity index (χ3n) is 2.99. The molecule has 0 saturated heterocycles. The number of esters is 1. The van der Waals surface area contributed by atoms with Gasteiger partial charge in [0.1, 0.15) is 5.82 Å². The highest BCUT2D eigenvalue weighted by Gasteiger charge is 2.38. The maximum Gasteiger partial charge on any atom is 0.316 e. The Balaban J connectivity index is 3.22. The first kappa shape index (κ1) is 15.6. The number of hydrogen-bond donors (Lipinski definition) is 0. The lowest BCUT2D eigenvalue weighted by Gasteiger charge is -2.27. The van der Waals surface area contributed by atoms with Gasteiger partial charge in [-0.25, -0.2) is 4.39 Å². The van der Waals surface area contributed by atoms with Crippen LogP contribution >= 0.6 is 15.9 Å². The van der Waals surface area contributed by atoms with Crippen LogP contribution in [0.2, 0.25) is 0 Å². The molecular formula is C14H15BrFNO2. The third kappa shape index (κ3) is 3.54. The Morgan fingerprint density at radius 3 is 2.79 bits per heavy atom. The number of hydrogen-bond acceptors (Lipinski definition) is 3. The summed E-state index contributed by atoms with van der Waals surface area (Å²) >= 11 is 3.17. The van der Waals surface area contributed by atoms with Crippen molar-refractivity contribution in [2.45, 2.75) is 32.1 Å². The number of halogens is 2. The number of benzene rings is 1. The molecule has 0 aliphatic carbocycles. The molecule has 0 N–H and O–H groups in total. The Kier molecular flexibility index (Phi) is 5.49. The number of carbonyl (C=O) groups excluding carboxylic acids is 1. The van der Waals surface area contributed by atoms with E-state index < -0.39 is 17.2 Å². The normalized spacial score (nSPS) is 13.4. The third-order valence-corrected chi connectivity index (χ3v) is 3.48. The average Bonchev–Trinajstić information content (AvgIpc) is 2.36. The van der Waals surface area contributed by atoms with Crippen molar-refractivity contribution in [1.82, 2.24) is 0 Å². The molecule has 0 saturated carbocycles. The molecule has 0 radical (unpaired) electrons. The average molecular weight is 328 g/mol. The molecule has 0 spiro atoms. The van der Waals surface area contributed by atoms with Crippen molar-refractivity contribution in [1.29, 1.82) is 5.26 Å². The van der Waals surface area contributed by atoms with E-state index in [9.17, 15) is 9.18 Å². The van der Waals surface area contributed by atoms with E-state index in [1.807, 2.05) is 6.07 Å². The highest BCUT2D eigenvalue weighted by Crippen LogP contribution is 2.33. The molecule has 1 aromatic rings. The zero-order valence-corrected chi connectivity index (χ0v) is 12.5. The predicted octanol–water partition coefficient (Wildman–Crippen LogP) is 3.71. The summed E-state index contributed by atoms with van der Waals surface area (Å²) in [7, 11) is 0. The summed E-state index contributed by atoms with van der Waals surface area (Å²) in [6.45, 7) is 3.52. The predicted molar refractivity (Wildman–Crippen MR) is 72.9 cm³/mol. The van der Waals surface area contributed by atoms with Gasteiger partial charge in [-0.3, -0.25) is 4.79 Å². The molecule has 1 atom stereocenters. The maximum absolute atomic E-state index is 14.1. The van der Waals surface area contributed by atoms with E-state index in [1.165, 1.54) is 6.07 Å². The van der Waals surface area contributed by atoms with Gasteiger partial charge in [0.25, 0.3) is 0 Å². The summed E-state index contributed by atoms with van der Waals surface area (Å²) in [6, 6.07) is 6.50. The maximum atomic E-state index is 14.1. The Bertz CT molecular complexity index is 513. The van der Waals surface area contributed by atoms with E-state index in [2.05, 4.69) is 15.9 Å². The van der Waals surface area contributed by atoms with Crippen LogP contribution in [0.4, 0.5) is 4.39 Å². The molecule has 1 unspecified atom stereocenters. The number of rotatable bonds is 5. The standard InChI is InChI=1S/C14H15BrFNO2/c1-3-19-13(18)14(2,7-4-8-17)11-6-5-10(15)9-12(11)16/h5-6,9H,3-4,7H2,1-2H3. The molecule has 0 heterocycles. The van der Waals surface area contributed by atoms with Gasteiger partial charge in [-0.1, -0.05) is 22.0 Å². The molecule has 1 aromatic carbocycles. The summed E-state index contributed by atoms with van der Waals surface area (Å²) in [5, 5.41) is 8.70. The van der Waals surface area contributed by atoms with E-state index in [0.717, 1.165) is 0 Å². The zero-order valence-electron chi connectivity index (χ0n) is 10.9. The van der Waals surface area contributed by atoms with Crippen molar-refractivity contribution in [3.8, 4) is 6.07 Å². The summed E-state index contributed by atoms with van der Waals surface area (Å²) in [4.78, 5) is 12.1. The molecule has 1 rings (SSSR count). The van der Waals surface area contributed by atoms with E-state index in [4.69, 9.17) is 10.00 Å². The molecule has 19 heavy (non-hydrogen) atoms. The number of nitriles is 1. The first-order chi connectivity index (χ1) is 8.95. The molecule has 0 fully saturated rings. The highest BCUT2D eigenvalue weighted by atomic mass is 79.9. The van der Waals surface area contributed by atoms with Gasteiger partial charge in [0.15, 0.2) is 0 Å². The second kappa shape index (κ2) is 6.67. The van der Waals surface area contributed by atoms with E-state index >= 15 is 0 Å². The summed E-state index contributed by atoms with van der Waals surface area (Å²) in [5.74, 6) is -0.991. The quantitative estimate of drug-likeness (QED) is 0.774. The molecule has 0 aromatic heterocycles. The minimum atomic E-state index is -1.14. The lowest BCUT2D eigenvalue weighted by atomic mass is 9.78. The fourth-order valence-corrected chi connectivity index (χ4v) is 2.21. The highest BCUT2D eigenvalue weighted by molar-refractivity contribution is 9.10. The van der Waals surface area contributed by atoms with Crippen LogP contribution in [0.5, 0.6) is 0 Å². The van der Waals surface area contributed by atoms with Gasteiger partial charge < -0.3 is 4.74 Å². The topological polar surface area (TPSA) is 50.1 Å². The van der Waals surface area contributed by atoms with Crippen LogP contribution in [0.25, 0.3) is 0 Å². The van der Waals surface area contributed by atoms with Gasteiger partial charge in [0.05, 0.1) is 18.1 Å². The monoisotopic (exact) mass is 327 g/mol. The van der Waals surface area contributed by atoms with Gasteiger partial charge in [0.2, 0.25) is 0 Å². The Hall–Kier alpha value is -1.41. The van der Waals surface area contributed by atoms with Crippen molar-refractivity contribution in [3.05, 3.63) is 34.1 Å². The molecule has 3 nitrogen and oxygen atoms in total. The second-order valence-corrected chi connectivity index (χ2v) is 5.25. The van der Waals surface area contributed by atoms with Crippen LogP contribution in [0.3, 0.4) is 0 Å². The van der Waals surface area contributed by atoms with E-state index in [1.54, 1.807) is 26.0 Å². The molecule has 5 heteroatoms. The number of nitrogens with zero attached hydrogens (tertiary/aromatic N) is 1. The van der Waals surface area contributed by atoms with Crippen molar-refractivity contribution >= 4 is 21.9 Å². The smallest absolute Gasteiger partial charge is 0.316 e. The van der Waals surface area contributed by atoms with Crippen LogP contribution in [0, 0.1) is 17.1 Å². The zero-order chi connectivity index (χ0) is 14.5. The van der Waals surface area contributed by atoms with Crippen molar-refractivity contribution < 1.29 is 13.9 Å². The Morgan fingerprint density at radius 1 is 1.58 bits per heavy atom. The van der Waals surface area contributed by atoms with Gasteiger partial charge in [-0.05, 0) is 32.4 Å². The van der Waals surface area contributed by atoms with Crippen molar-refractivity contribution in [2.75, 3.05) is 6.61 Å². The fraction of sp³-hybridized carbons (Fsp3) is 0.429. The lowest BCUT2D eigenvalue weighted by Crippen LogP contribution is -2.35. The summed E-state index contributed by atoms with van der Waals surface area (Å²) in [5.41, 5.74) is -0.888. The minimum absolute atomic E-state index is 0.158. The van der Waals surface area contributed by atoms with Crippen LogP contribution in [-0.2, 0) is 14.9 Å². The van der Waals surface area contributed by atoms with Gasteiger partial charge >= 0.3 is 5.97 Å². The fourth-order valence-electron chi connectivity index (χ4n) is 1.88. The Morgan fingerprint density at radius 2 is 2.26 bits per heavy atom. The largest absolute Gasteiger partial charge is 0.465 e. The van der Waals surface area contributed by atoms with Crippen molar-refractivity contribution in [2.24, 2.45) is 0 Å². The van der Waals surface area contributed by atoms with E-state index in [-0.39, 0.29) is 25.0 Å². The molecule has 0 aliphatic heterocycles. The molecular weight excluding hydrogens is 313 g/mol. The lowest BCUT2D eigenvalue weighted by molar-refractivity contribution is -0.149. The Labute approximate surface area is 120 Å². The van der Waals surface area contributed by atoms with Crippen LogP contribution in [0.1, 0.15) is 32.3 Å². The SMILES string of the molecule is CCOC(=O)C(C)(CCC#N)c1ccc(Br)cc1F. The molecule has 0 amide bonds. The minimum Gasteiger partial charge on any atom is -0.465 e. The number of ether oxygens (including phenoxy) is 1. The van der Waals surface area contributed by atoms with Gasteiger partial charge in [-0.2, -0.15) is 5.26 Å². The number of carbonyl (C=O) groups is 1. The summed E-state index contributed by atoms with van der Waals surface area (Å²) in [6.07, 6.45) is 0.381. The summed E-state index contributed by atoms with van der Waals surface area (Å²) < 4.78 is 19.7. The second-order valence-electron chi connectivity index (χ2n) is 4.33. The van der Waals surface area contributed by atoms with Crippen LogP contribution < -0.4 is 0 Å². The molecule has 102 valence electrons. The van der Waals surface area contributed by atoms with Crippen molar-refractivity contribution in [3.63, 3.8) is 0 Å². The first-order valence-electron chi connectivity index (χ1n) is 5.95.